The molecule has 3 nitrogen and oxygen atoms in total. The average molecular weight is 250 g/mol. The Kier molecular flexibility index (Phi) is 5.65. The minimum Gasteiger partial charge on any atom is -0.384 e. The molecule has 18 heavy (non-hydrogen) atoms. The molecule has 0 saturated carbocycles. The van der Waals surface area contributed by atoms with Gasteiger partial charge in [-0.25, -0.2) is 0 Å². The van der Waals surface area contributed by atoms with Gasteiger partial charge in [0.05, 0.1) is 25.9 Å². The molecule has 0 spiro atoms. The predicted molar refractivity (Wildman–Crippen MR) is 70.4 cm³/mol. The summed E-state index contributed by atoms with van der Waals surface area (Å²) in [7, 11) is 1.75. The van der Waals surface area contributed by atoms with Crippen LogP contribution < -0.4 is 0 Å². The first-order chi connectivity index (χ1) is 8.90. The highest BCUT2D eigenvalue weighted by Gasteiger charge is 2.25. The standard InChI is InChI=1S/C15H22O3/c1-16-11-14-8-5-9-18-15(14)12-17-10-13-6-3-2-4-7-13/h2-4,6-7,14-15H,5,8-12H2,1H3/t14-,15-/m0/s1. The Morgan fingerprint density at radius 2 is 2.06 bits per heavy atom. The van der Waals surface area contributed by atoms with Crippen LogP contribution in [-0.2, 0) is 20.8 Å². The zero-order valence-electron chi connectivity index (χ0n) is 11.0. The summed E-state index contributed by atoms with van der Waals surface area (Å²) in [5.74, 6) is 0.472. The van der Waals surface area contributed by atoms with E-state index in [1.807, 2.05) is 18.2 Å². The van der Waals surface area contributed by atoms with Crippen molar-refractivity contribution in [3.8, 4) is 0 Å². The van der Waals surface area contributed by atoms with Crippen molar-refractivity contribution in [2.45, 2.75) is 25.6 Å². The Hall–Kier alpha value is -0.900. The van der Waals surface area contributed by atoms with Crippen LogP contribution in [0.5, 0.6) is 0 Å². The molecule has 1 fully saturated rings. The fraction of sp³-hybridized carbons (Fsp3) is 0.600. The predicted octanol–water partition coefficient (Wildman–Crippen LogP) is 2.64. The van der Waals surface area contributed by atoms with E-state index in [0.29, 0.717) is 19.1 Å². The molecule has 0 unspecified atom stereocenters. The van der Waals surface area contributed by atoms with Gasteiger partial charge in [0, 0.05) is 19.6 Å². The Labute approximate surface area is 109 Å². The SMILES string of the molecule is COC[C@@H]1CCCO[C@H]1COCc1ccccc1. The van der Waals surface area contributed by atoms with Crippen LogP contribution in [-0.4, -0.2) is 33.0 Å². The van der Waals surface area contributed by atoms with Gasteiger partial charge in [0.2, 0.25) is 0 Å². The molecule has 0 bridgehead atoms. The average Bonchev–Trinajstić information content (AvgIpc) is 2.42. The van der Waals surface area contributed by atoms with Gasteiger partial charge in [0.1, 0.15) is 0 Å². The van der Waals surface area contributed by atoms with Gasteiger partial charge in [-0.15, -0.1) is 0 Å². The van der Waals surface area contributed by atoms with E-state index >= 15 is 0 Å². The van der Waals surface area contributed by atoms with Crippen LogP contribution in [0.4, 0.5) is 0 Å². The molecule has 0 N–H and O–H groups in total. The molecule has 1 aromatic carbocycles. The first kappa shape index (κ1) is 13.5. The van der Waals surface area contributed by atoms with E-state index < -0.39 is 0 Å². The summed E-state index contributed by atoms with van der Waals surface area (Å²) >= 11 is 0. The molecule has 1 saturated heterocycles. The molecule has 0 aliphatic carbocycles. The van der Waals surface area contributed by atoms with Crippen LogP contribution in [0.3, 0.4) is 0 Å². The third-order valence-corrected chi connectivity index (χ3v) is 3.35. The van der Waals surface area contributed by atoms with Gasteiger partial charge >= 0.3 is 0 Å². The molecular weight excluding hydrogens is 228 g/mol. The highest BCUT2D eigenvalue weighted by Crippen LogP contribution is 2.21. The van der Waals surface area contributed by atoms with Crippen molar-refractivity contribution in [3.63, 3.8) is 0 Å². The molecule has 1 heterocycles. The fourth-order valence-electron chi connectivity index (χ4n) is 2.36. The fourth-order valence-corrected chi connectivity index (χ4v) is 2.36. The second-order valence-corrected chi connectivity index (χ2v) is 4.77. The molecule has 3 heteroatoms. The second kappa shape index (κ2) is 7.52. The Balaban J connectivity index is 1.74. The van der Waals surface area contributed by atoms with Crippen molar-refractivity contribution >= 4 is 0 Å². The smallest absolute Gasteiger partial charge is 0.0858 e. The Bertz CT molecular complexity index is 324. The number of methoxy groups -OCH3 is 1. The highest BCUT2D eigenvalue weighted by molar-refractivity contribution is 5.13. The van der Waals surface area contributed by atoms with Crippen molar-refractivity contribution < 1.29 is 14.2 Å². The van der Waals surface area contributed by atoms with E-state index in [2.05, 4.69) is 12.1 Å². The van der Waals surface area contributed by atoms with Gasteiger partial charge < -0.3 is 14.2 Å². The molecule has 2 atom stereocenters. The number of benzene rings is 1. The summed E-state index contributed by atoms with van der Waals surface area (Å²) in [6.07, 6.45) is 2.48. The van der Waals surface area contributed by atoms with Gasteiger partial charge in [-0.2, -0.15) is 0 Å². The lowest BCUT2D eigenvalue weighted by Crippen LogP contribution is -2.36. The third kappa shape index (κ3) is 4.09. The summed E-state index contributed by atoms with van der Waals surface area (Å²) in [5.41, 5.74) is 1.21. The lowest BCUT2D eigenvalue weighted by Gasteiger charge is -2.31. The zero-order chi connectivity index (χ0) is 12.6. The minimum atomic E-state index is 0.183. The molecule has 100 valence electrons. The van der Waals surface area contributed by atoms with E-state index in [-0.39, 0.29) is 6.10 Å². The maximum Gasteiger partial charge on any atom is 0.0858 e. The van der Waals surface area contributed by atoms with Crippen molar-refractivity contribution in [3.05, 3.63) is 35.9 Å². The van der Waals surface area contributed by atoms with Gasteiger partial charge in [-0.3, -0.25) is 0 Å². The maximum atomic E-state index is 5.78. The van der Waals surface area contributed by atoms with Gasteiger partial charge in [-0.1, -0.05) is 30.3 Å². The van der Waals surface area contributed by atoms with E-state index in [9.17, 15) is 0 Å². The van der Waals surface area contributed by atoms with Crippen molar-refractivity contribution in [1.29, 1.82) is 0 Å². The normalized spacial score (nSPS) is 24.1. The second-order valence-electron chi connectivity index (χ2n) is 4.77. The minimum absolute atomic E-state index is 0.183. The highest BCUT2D eigenvalue weighted by atomic mass is 16.5. The quantitative estimate of drug-likeness (QED) is 0.777. The molecule has 0 amide bonds. The van der Waals surface area contributed by atoms with Crippen LogP contribution in [0.2, 0.25) is 0 Å². The number of hydrogen-bond donors (Lipinski definition) is 0. The van der Waals surface area contributed by atoms with Crippen LogP contribution in [0.25, 0.3) is 0 Å². The molecule has 0 aromatic heterocycles. The van der Waals surface area contributed by atoms with Crippen LogP contribution in [0, 0.1) is 5.92 Å². The van der Waals surface area contributed by atoms with Crippen LogP contribution in [0.15, 0.2) is 30.3 Å². The van der Waals surface area contributed by atoms with Crippen molar-refractivity contribution in [2.75, 3.05) is 26.9 Å². The van der Waals surface area contributed by atoms with Gasteiger partial charge in [0.25, 0.3) is 0 Å². The monoisotopic (exact) mass is 250 g/mol. The molecular formula is C15H22O3. The number of hydrogen-bond acceptors (Lipinski definition) is 3. The van der Waals surface area contributed by atoms with E-state index in [4.69, 9.17) is 14.2 Å². The first-order valence-electron chi connectivity index (χ1n) is 6.62. The largest absolute Gasteiger partial charge is 0.384 e. The van der Waals surface area contributed by atoms with E-state index in [1.54, 1.807) is 7.11 Å². The molecule has 0 radical (unpaired) electrons. The van der Waals surface area contributed by atoms with E-state index in [0.717, 1.165) is 19.6 Å². The number of rotatable bonds is 6. The summed E-state index contributed by atoms with van der Waals surface area (Å²) in [6, 6.07) is 10.2. The maximum absolute atomic E-state index is 5.78. The summed E-state index contributed by atoms with van der Waals surface area (Å²) < 4.78 is 16.8. The molecule has 1 aliphatic rings. The van der Waals surface area contributed by atoms with Gasteiger partial charge in [-0.05, 0) is 18.4 Å². The molecule has 1 aliphatic heterocycles. The lowest BCUT2D eigenvalue weighted by atomic mass is 9.95. The molecule has 2 rings (SSSR count). The molecule has 1 aromatic rings. The first-order valence-corrected chi connectivity index (χ1v) is 6.62. The summed E-state index contributed by atoms with van der Waals surface area (Å²) in [6.45, 7) is 2.92. The Morgan fingerprint density at radius 1 is 1.22 bits per heavy atom. The summed E-state index contributed by atoms with van der Waals surface area (Å²) in [4.78, 5) is 0. The lowest BCUT2D eigenvalue weighted by molar-refractivity contribution is -0.0912. The Morgan fingerprint density at radius 3 is 2.83 bits per heavy atom. The van der Waals surface area contributed by atoms with Crippen LogP contribution in [0.1, 0.15) is 18.4 Å². The van der Waals surface area contributed by atoms with Crippen LogP contribution >= 0.6 is 0 Å². The van der Waals surface area contributed by atoms with Gasteiger partial charge in [0.15, 0.2) is 0 Å². The van der Waals surface area contributed by atoms with Crippen molar-refractivity contribution in [1.82, 2.24) is 0 Å². The summed E-state index contributed by atoms with van der Waals surface area (Å²) in [5, 5.41) is 0. The van der Waals surface area contributed by atoms with E-state index in [1.165, 1.54) is 12.0 Å². The zero-order valence-corrected chi connectivity index (χ0v) is 11.0. The third-order valence-electron chi connectivity index (χ3n) is 3.35. The van der Waals surface area contributed by atoms with Crippen molar-refractivity contribution in [2.24, 2.45) is 5.92 Å². The topological polar surface area (TPSA) is 27.7 Å². The number of ether oxygens (including phenoxy) is 3.